The van der Waals surface area contributed by atoms with Gasteiger partial charge in [0.1, 0.15) is 0 Å². The molecule has 1 fully saturated rings. The summed E-state index contributed by atoms with van der Waals surface area (Å²) >= 11 is 5.88. The fourth-order valence-electron chi connectivity index (χ4n) is 2.41. The van der Waals surface area contributed by atoms with Gasteiger partial charge in [-0.3, -0.25) is 9.78 Å². The minimum absolute atomic E-state index is 0.0537. The number of nitrogens with one attached hydrogen (secondary N) is 1. The van der Waals surface area contributed by atoms with Crippen LogP contribution in [0.1, 0.15) is 48.7 Å². The number of rotatable bonds is 2. The predicted molar refractivity (Wildman–Crippen MR) is 72.9 cm³/mol. The lowest BCUT2D eigenvalue weighted by molar-refractivity contribution is 0.0922. The van der Waals surface area contributed by atoms with Gasteiger partial charge in [0.15, 0.2) is 0 Å². The van der Waals surface area contributed by atoms with E-state index in [0.29, 0.717) is 16.6 Å². The maximum absolute atomic E-state index is 12.2. The average Bonchev–Trinajstić information content (AvgIpc) is 2.35. The molecule has 1 aliphatic rings. The van der Waals surface area contributed by atoms with Crippen molar-refractivity contribution in [1.29, 1.82) is 0 Å². The number of carbonyl (C=O) groups is 1. The van der Waals surface area contributed by atoms with Gasteiger partial charge in [0.25, 0.3) is 5.91 Å². The molecule has 0 spiro atoms. The third-order valence-corrected chi connectivity index (χ3v) is 3.86. The first-order valence-corrected chi connectivity index (χ1v) is 6.87. The SMILES string of the molecule is Cc1ncc(Cl)cc1C(=O)NC1CCC(C)CC1. The third kappa shape index (κ3) is 3.22. The summed E-state index contributed by atoms with van der Waals surface area (Å²) in [4.78, 5) is 16.3. The summed E-state index contributed by atoms with van der Waals surface area (Å²) in [6.07, 6.45) is 6.09. The number of nitrogens with zero attached hydrogens (tertiary/aromatic N) is 1. The van der Waals surface area contributed by atoms with Crippen LogP contribution >= 0.6 is 11.6 Å². The van der Waals surface area contributed by atoms with Crippen LogP contribution in [0.25, 0.3) is 0 Å². The van der Waals surface area contributed by atoms with Crippen molar-refractivity contribution in [3.63, 3.8) is 0 Å². The van der Waals surface area contributed by atoms with Crippen LogP contribution in [-0.4, -0.2) is 16.9 Å². The van der Waals surface area contributed by atoms with E-state index in [0.717, 1.165) is 24.5 Å². The van der Waals surface area contributed by atoms with E-state index in [1.54, 1.807) is 12.3 Å². The smallest absolute Gasteiger partial charge is 0.253 e. The molecule has 1 heterocycles. The Morgan fingerprint density at radius 1 is 1.39 bits per heavy atom. The zero-order valence-corrected chi connectivity index (χ0v) is 11.6. The summed E-state index contributed by atoms with van der Waals surface area (Å²) in [6.45, 7) is 4.09. The Morgan fingerprint density at radius 3 is 2.72 bits per heavy atom. The van der Waals surface area contributed by atoms with Crippen LogP contribution in [0.5, 0.6) is 0 Å². The van der Waals surface area contributed by atoms with Gasteiger partial charge in [0, 0.05) is 12.2 Å². The van der Waals surface area contributed by atoms with Gasteiger partial charge in [-0.15, -0.1) is 0 Å². The molecule has 0 aromatic carbocycles. The highest BCUT2D eigenvalue weighted by atomic mass is 35.5. The molecule has 3 nitrogen and oxygen atoms in total. The Kier molecular flexibility index (Phi) is 4.23. The monoisotopic (exact) mass is 266 g/mol. The molecule has 0 radical (unpaired) electrons. The number of aromatic nitrogens is 1. The summed E-state index contributed by atoms with van der Waals surface area (Å²) in [6, 6.07) is 1.98. The van der Waals surface area contributed by atoms with Gasteiger partial charge in [-0.25, -0.2) is 0 Å². The van der Waals surface area contributed by atoms with Crippen molar-refractivity contribution >= 4 is 17.5 Å². The average molecular weight is 267 g/mol. The molecule has 0 aliphatic heterocycles. The third-order valence-electron chi connectivity index (χ3n) is 3.65. The van der Waals surface area contributed by atoms with Crippen LogP contribution in [0, 0.1) is 12.8 Å². The highest BCUT2D eigenvalue weighted by molar-refractivity contribution is 6.30. The van der Waals surface area contributed by atoms with Crippen molar-refractivity contribution in [2.75, 3.05) is 0 Å². The summed E-state index contributed by atoms with van der Waals surface area (Å²) < 4.78 is 0. The Hall–Kier alpha value is -1.09. The number of aryl methyl sites for hydroxylation is 1. The fraction of sp³-hybridized carbons (Fsp3) is 0.571. The van der Waals surface area contributed by atoms with Crippen molar-refractivity contribution in [2.45, 2.75) is 45.6 Å². The molecule has 1 aromatic heterocycles. The number of halogens is 1. The molecule has 1 saturated carbocycles. The van der Waals surface area contributed by atoms with Crippen molar-refractivity contribution in [3.05, 3.63) is 28.5 Å². The van der Waals surface area contributed by atoms with E-state index in [9.17, 15) is 4.79 Å². The van der Waals surface area contributed by atoms with Gasteiger partial charge in [-0.05, 0) is 44.6 Å². The van der Waals surface area contributed by atoms with E-state index in [1.807, 2.05) is 6.92 Å². The summed E-state index contributed by atoms with van der Waals surface area (Å²) in [5, 5.41) is 3.59. The van der Waals surface area contributed by atoms with E-state index >= 15 is 0 Å². The molecule has 2 rings (SSSR count). The van der Waals surface area contributed by atoms with E-state index in [2.05, 4.69) is 17.2 Å². The number of pyridine rings is 1. The minimum atomic E-state index is -0.0537. The Balaban J connectivity index is 2.01. The highest BCUT2D eigenvalue weighted by Crippen LogP contribution is 2.24. The lowest BCUT2D eigenvalue weighted by atomic mass is 9.87. The highest BCUT2D eigenvalue weighted by Gasteiger charge is 2.21. The molecule has 1 aromatic rings. The molecular formula is C14H19ClN2O. The molecule has 4 heteroatoms. The predicted octanol–water partition coefficient (Wildman–Crippen LogP) is 3.35. The van der Waals surface area contributed by atoms with Crippen molar-refractivity contribution in [3.8, 4) is 0 Å². The summed E-state index contributed by atoms with van der Waals surface area (Å²) in [5.41, 5.74) is 1.31. The second-order valence-corrected chi connectivity index (χ2v) is 5.65. The van der Waals surface area contributed by atoms with Gasteiger partial charge >= 0.3 is 0 Å². The first kappa shape index (κ1) is 13.3. The van der Waals surface area contributed by atoms with Gasteiger partial charge in [-0.2, -0.15) is 0 Å². The molecule has 1 amide bonds. The molecule has 0 bridgehead atoms. The molecular weight excluding hydrogens is 248 g/mol. The maximum atomic E-state index is 12.2. The molecule has 1 aliphatic carbocycles. The second-order valence-electron chi connectivity index (χ2n) is 5.22. The van der Waals surface area contributed by atoms with Crippen molar-refractivity contribution < 1.29 is 4.79 Å². The van der Waals surface area contributed by atoms with Crippen molar-refractivity contribution in [2.24, 2.45) is 5.92 Å². The number of amides is 1. The quantitative estimate of drug-likeness (QED) is 0.892. The van der Waals surface area contributed by atoms with Gasteiger partial charge in [0.05, 0.1) is 16.3 Å². The van der Waals surface area contributed by atoms with Crippen molar-refractivity contribution in [1.82, 2.24) is 10.3 Å². The molecule has 1 N–H and O–H groups in total. The largest absolute Gasteiger partial charge is 0.349 e. The lowest BCUT2D eigenvalue weighted by Gasteiger charge is -2.27. The molecule has 0 saturated heterocycles. The van der Waals surface area contributed by atoms with E-state index in [4.69, 9.17) is 11.6 Å². The Morgan fingerprint density at radius 2 is 2.06 bits per heavy atom. The standard InChI is InChI=1S/C14H19ClN2O/c1-9-3-5-12(6-4-9)17-14(18)13-7-11(15)8-16-10(13)2/h7-9,12H,3-6H2,1-2H3,(H,17,18). The second kappa shape index (κ2) is 5.70. The lowest BCUT2D eigenvalue weighted by Crippen LogP contribution is -2.37. The molecule has 0 atom stereocenters. The topological polar surface area (TPSA) is 42.0 Å². The summed E-state index contributed by atoms with van der Waals surface area (Å²) in [7, 11) is 0. The molecule has 0 unspecified atom stereocenters. The molecule has 18 heavy (non-hydrogen) atoms. The van der Waals surface area contributed by atoms with Crippen LogP contribution < -0.4 is 5.32 Å². The maximum Gasteiger partial charge on any atom is 0.253 e. The van der Waals surface area contributed by atoms with Crippen LogP contribution in [0.15, 0.2) is 12.3 Å². The van der Waals surface area contributed by atoms with Crippen LogP contribution in [0.4, 0.5) is 0 Å². The van der Waals surface area contributed by atoms with Crippen LogP contribution in [0.2, 0.25) is 5.02 Å². The number of carbonyl (C=O) groups excluding carboxylic acids is 1. The first-order valence-electron chi connectivity index (χ1n) is 6.49. The zero-order chi connectivity index (χ0) is 13.1. The zero-order valence-electron chi connectivity index (χ0n) is 10.9. The van der Waals surface area contributed by atoms with Crippen LogP contribution in [-0.2, 0) is 0 Å². The van der Waals surface area contributed by atoms with Gasteiger partial charge < -0.3 is 5.32 Å². The van der Waals surface area contributed by atoms with Gasteiger partial charge in [0.2, 0.25) is 0 Å². The van der Waals surface area contributed by atoms with Crippen LogP contribution in [0.3, 0.4) is 0 Å². The normalized spacial score (nSPS) is 23.7. The summed E-state index contributed by atoms with van der Waals surface area (Å²) in [5.74, 6) is 0.731. The fourth-order valence-corrected chi connectivity index (χ4v) is 2.56. The number of hydrogen-bond acceptors (Lipinski definition) is 2. The van der Waals surface area contributed by atoms with E-state index in [1.165, 1.54) is 12.8 Å². The Labute approximate surface area is 113 Å². The minimum Gasteiger partial charge on any atom is -0.349 e. The first-order chi connectivity index (χ1) is 8.56. The van der Waals surface area contributed by atoms with E-state index in [-0.39, 0.29) is 5.91 Å². The van der Waals surface area contributed by atoms with E-state index < -0.39 is 0 Å². The van der Waals surface area contributed by atoms with Gasteiger partial charge in [-0.1, -0.05) is 18.5 Å². The Bertz CT molecular complexity index is 439. The molecule has 98 valence electrons. The number of hydrogen-bond donors (Lipinski definition) is 1.